The van der Waals surface area contributed by atoms with Crippen LogP contribution in [0.3, 0.4) is 0 Å². The first-order valence-corrected chi connectivity index (χ1v) is 11.5. The van der Waals surface area contributed by atoms with Gasteiger partial charge in [-0.1, -0.05) is 64.7 Å². The highest BCUT2D eigenvalue weighted by atomic mass is 16.5. The maximum Gasteiger partial charge on any atom is 0.135 e. The summed E-state index contributed by atoms with van der Waals surface area (Å²) in [5.41, 5.74) is 2.61. The quantitative estimate of drug-likeness (QED) is 0.248. The largest absolute Gasteiger partial charge is 0.493 e. The Balaban J connectivity index is 2.40. The molecule has 0 fully saturated rings. The predicted octanol–water partition coefficient (Wildman–Crippen LogP) is 6.39. The Kier molecular flexibility index (Phi) is 11.1. The number of nitrogens with zero attached hydrogens (tertiary/aromatic N) is 2. The van der Waals surface area contributed by atoms with E-state index >= 15 is 0 Å². The Hall–Kier alpha value is -1.06. The van der Waals surface area contributed by atoms with Crippen molar-refractivity contribution in [2.45, 2.75) is 77.7 Å². The standard InChI is InChI=1S/C25H48N2O/c1-8-9-10-11-12-13-14-15-16-17-20-28-25-21-24(27(5,6)7)19-18-23(25)22-26(2,3)4/h18-19,21H,8-17,20,22H2,1-7H3/q+2. The van der Waals surface area contributed by atoms with Crippen LogP contribution in [-0.2, 0) is 6.54 Å². The summed E-state index contributed by atoms with van der Waals surface area (Å²) in [6.07, 6.45) is 13.6. The number of ether oxygens (including phenoxy) is 1. The first-order valence-electron chi connectivity index (χ1n) is 11.5. The van der Waals surface area contributed by atoms with E-state index in [4.69, 9.17) is 4.74 Å². The van der Waals surface area contributed by atoms with E-state index in [0.29, 0.717) is 0 Å². The molecular formula is C25H48N2O+2. The maximum absolute atomic E-state index is 6.27. The summed E-state index contributed by atoms with van der Waals surface area (Å²) in [5, 5.41) is 0. The molecule has 0 amide bonds. The summed E-state index contributed by atoms with van der Waals surface area (Å²) in [4.78, 5) is 0. The average Bonchev–Trinajstić information content (AvgIpc) is 2.58. The third-order valence-corrected chi connectivity index (χ3v) is 5.23. The first-order chi connectivity index (χ1) is 13.1. The van der Waals surface area contributed by atoms with Crippen molar-refractivity contribution in [3.05, 3.63) is 23.8 Å². The van der Waals surface area contributed by atoms with Crippen molar-refractivity contribution in [1.82, 2.24) is 4.48 Å². The SMILES string of the molecule is CCCCCCCCCCCCOc1cc([N+](C)(C)C)ccc1C[N+](C)(C)C. The minimum absolute atomic E-state index is 0.819. The summed E-state index contributed by atoms with van der Waals surface area (Å²) >= 11 is 0. The summed E-state index contributed by atoms with van der Waals surface area (Å²) in [6, 6.07) is 6.76. The zero-order valence-electron chi connectivity index (χ0n) is 20.0. The molecule has 0 unspecified atom stereocenters. The molecule has 0 aliphatic carbocycles. The van der Waals surface area contributed by atoms with Crippen molar-refractivity contribution < 1.29 is 9.22 Å². The van der Waals surface area contributed by atoms with Crippen molar-refractivity contribution in [3.63, 3.8) is 0 Å². The highest BCUT2D eigenvalue weighted by Crippen LogP contribution is 2.29. The monoisotopic (exact) mass is 392 g/mol. The molecule has 0 atom stereocenters. The zero-order valence-corrected chi connectivity index (χ0v) is 20.0. The first kappa shape index (κ1) is 25.0. The molecule has 0 aliphatic rings. The van der Waals surface area contributed by atoms with Gasteiger partial charge in [-0.25, -0.2) is 0 Å². The Morgan fingerprint density at radius 3 is 1.75 bits per heavy atom. The molecule has 1 aromatic carbocycles. The van der Waals surface area contributed by atoms with Crippen LogP contribution in [-0.4, -0.2) is 53.4 Å². The van der Waals surface area contributed by atoms with Gasteiger partial charge in [0.25, 0.3) is 0 Å². The minimum atomic E-state index is 0.819. The molecule has 3 heteroatoms. The maximum atomic E-state index is 6.27. The van der Waals surface area contributed by atoms with Crippen LogP contribution in [0.4, 0.5) is 5.69 Å². The van der Waals surface area contributed by atoms with E-state index in [0.717, 1.165) is 34.3 Å². The molecule has 0 heterocycles. The minimum Gasteiger partial charge on any atom is -0.493 e. The van der Waals surface area contributed by atoms with Crippen LogP contribution >= 0.6 is 0 Å². The summed E-state index contributed by atoms with van der Waals surface area (Å²) in [7, 11) is 13.3. The fraction of sp³-hybridized carbons (Fsp3) is 0.760. The van der Waals surface area contributed by atoms with Gasteiger partial charge < -0.3 is 9.22 Å². The Morgan fingerprint density at radius 1 is 0.714 bits per heavy atom. The van der Waals surface area contributed by atoms with Gasteiger partial charge in [-0.3, -0.25) is 4.48 Å². The molecule has 0 radical (unpaired) electrons. The smallest absolute Gasteiger partial charge is 0.135 e. The zero-order chi connectivity index (χ0) is 21.0. The molecule has 28 heavy (non-hydrogen) atoms. The van der Waals surface area contributed by atoms with Gasteiger partial charge in [0.1, 0.15) is 18.0 Å². The van der Waals surface area contributed by atoms with Crippen LogP contribution in [0.5, 0.6) is 5.75 Å². The number of quaternary nitrogens is 2. The van der Waals surface area contributed by atoms with Gasteiger partial charge in [0, 0.05) is 11.6 Å². The third kappa shape index (κ3) is 11.1. The average molecular weight is 393 g/mol. The van der Waals surface area contributed by atoms with Gasteiger partial charge in [-0.2, -0.15) is 0 Å². The number of unbranched alkanes of at least 4 members (excludes halogenated alkanes) is 9. The normalized spacial score (nSPS) is 12.4. The summed E-state index contributed by atoms with van der Waals surface area (Å²) < 4.78 is 8.00. The van der Waals surface area contributed by atoms with Crippen molar-refractivity contribution in [2.24, 2.45) is 0 Å². The lowest BCUT2D eigenvalue weighted by atomic mass is 10.1. The summed E-state index contributed by atoms with van der Waals surface area (Å²) in [6.45, 7) is 4.11. The molecule has 162 valence electrons. The lowest BCUT2D eigenvalue weighted by Crippen LogP contribution is -2.35. The van der Waals surface area contributed by atoms with E-state index in [1.165, 1.54) is 69.0 Å². The second-order valence-corrected chi connectivity index (χ2v) is 10.3. The molecule has 0 aromatic heterocycles. The molecule has 0 aliphatic heterocycles. The van der Waals surface area contributed by atoms with Gasteiger partial charge in [-0.05, 0) is 18.6 Å². The van der Waals surface area contributed by atoms with Gasteiger partial charge in [0.2, 0.25) is 0 Å². The molecule has 1 rings (SSSR count). The second kappa shape index (κ2) is 12.5. The molecular weight excluding hydrogens is 344 g/mol. The van der Waals surface area contributed by atoms with E-state index < -0.39 is 0 Å². The van der Waals surface area contributed by atoms with Crippen molar-refractivity contribution >= 4 is 5.69 Å². The predicted molar refractivity (Wildman–Crippen MR) is 125 cm³/mol. The molecule has 1 aromatic rings. The van der Waals surface area contributed by atoms with E-state index in [-0.39, 0.29) is 0 Å². The van der Waals surface area contributed by atoms with Crippen molar-refractivity contribution in [1.29, 1.82) is 0 Å². The third-order valence-electron chi connectivity index (χ3n) is 5.23. The molecule has 0 saturated heterocycles. The Morgan fingerprint density at radius 2 is 1.25 bits per heavy atom. The number of hydrogen-bond acceptors (Lipinski definition) is 1. The van der Waals surface area contributed by atoms with E-state index in [2.05, 4.69) is 67.4 Å². The highest BCUT2D eigenvalue weighted by Gasteiger charge is 2.19. The van der Waals surface area contributed by atoms with E-state index in [1.807, 2.05) is 0 Å². The van der Waals surface area contributed by atoms with Gasteiger partial charge in [0.15, 0.2) is 0 Å². The van der Waals surface area contributed by atoms with E-state index in [1.54, 1.807) is 0 Å². The van der Waals surface area contributed by atoms with Crippen molar-refractivity contribution in [2.75, 3.05) is 48.9 Å². The van der Waals surface area contributed by atoms with Gasteiger partial charge in [-0.15, -0.1) is 0 Å². The van der Waals surface area contributed by atoms with Crippen LogP contribution in [0.1, 0.15) is 76.7 Å². The van der Waals surface area contributed by atoms with Crippen molar-refractivity contribution in [3.8, 4) is 5.75 Å². The van der Waals surface area contributed by atoms with Crippen LogP contribution in [0, 0.1) is 0 Å². The van der Waals surface area contributed by atoms with Gasteiger partial charge in [0.05, 0.1) is 48.9 Å². The van der Waals surface area contributed by atoms with Crippen LogP contribution < -0.4 is 9.22 Å². The van der Waals surface area contributed by atoms with Crippen LogP contribution in [0.15, 0.2) is 18.2 Å². The lowest BCUT2D eigenvalue weighted by Gasteiger charge is -2.27. The van der Waals surface area contributed by atoms with Gasteiger partial charge >= 0.3 is 0 Å². The highest BCUT2D eigenvalue weighted by molar-refractivity contribution is 5.50. The molecule has 0 N–H and O–H groups in total. The molecule has 0 saturated carbocycles. The molecule has 0 spiro atoms. The topological polar surface area (TPSA) is 9.23 Å². The fourth-order valence-corrected chi connectivity index (χ4v) is 3.51. The fourth-order valence-electron chi connectivity index (χ4n) is 3.51. The lowest BCUT2D eigenvalue weighted by molar-refractivity contribution is -0.884. The Bertz CT molecular complexity index is 540. The second-order valence-electron chi connectivity index (χ2n) is 10.3. The van der Waals surface area contributed by atoms with Crippen LogP contribution in [0.25, 0.3) is 0 Å². The van der Waals surface area contributed by atoms with E-state index in [9.17, 15) is 0 Å². The summed E-state index contributed by atoms with van der Waals surface area (Å²) in [5.74, 6) is 1.08. The molecule has 3 nitrogen and oxygen atoms in total. The molecule has 0 bridgehead atoms. The number of rotatable bonds is 15. The Labute approximate surface area is 175 Å². The number of hydrogen-bond donors (Lipinski definition) is 0. The van der Waals surface area contributed by atoms with Crippen LogP contribution in [0.2, 0.25) is 0 Å². The number of benzene rings is 1.